The Kier molecular flexibility index (Phi) is 5.16. The summed E-state index contributed by atoms with van der Waals surface area (Å²) in [5.74, 6) is 1.30. The molecule has 0 bridgehead atoms. The van der Waals surface area contributed by atoms with Crippen LogP contribution in [0, 0.1) is 11.8 Å². The number of allylic oxidation sites excluding steroid dienone is 2. The van der Waals surface area contributed by atoms with E-state index in [4.69, 9.17) is 0 Å². The lowest BCUT2D eigenvalue weighted by molar-refractivity contribution is 0.206. The fraction of sp³-hybridized carbons (Fsp3) is 0.556. The summed E-state index contributed by atoms with van der Waals surface area (Å²) in [5.41, 5.74) is 0.0322. The highest BCUT2D eigenvalue weighted by Crippen LogP contribution is 2.32. The van der Waals surface area contributed by atoms with Crippen molar-refractivity contribution in [3.63, 3.8) is 0 Å². The van der Waals surface area contributed by atoms with E-state index >= 15 is 0 Å². The van der Waals surface area contributed by atoms with Crippen LogP contribution in [-0.2, 0) is 6.54 Å². The number of pyridine rings is 1. The van der Waals surface area contributed by atoms with Gasteiger partial charge in [0.1, 0.15) is 0 Å². The third kappa shape index (κ3) is 4.03. The number of aryl methyl sites for hydroxylation is 1. The average Bonchev–Trinajstić information content (AvgIpc) is 3.00. The third-order valence-corrected chi connectivity index (χ3v) is 4.91. The number of urea groups is 1. The number of fused-ring (bicyclic) bond motifs is 1. The minimum Gasteiger partial charge on any atom is -0.338 e. The maximum Gasteiger partial charge on any atom is 0.317 e. The molecule has 1 N–H and O–H groups in total. The number of carbonyl (C=O) groups excluding carboxylic acids is 1. The lowest BCUT2D eigenvalue weighted by Gasteiger charge is -2.17. The molecule has 1 aliphatic carbocycles. The molecule has 2 heterocycles. The van der Waals surface area contributed by atoms with Gasteiger partial charge in [-0.1, -0.05) is 18.2 Å². The van der Waals surface area contributed by atoms with E-state index in [2.05, 4.69) is 17.5 Å². The molecule has 0 unspecified atom stereocenters. The van der Waals surface area contributed by atoms with Crippen molar-refractivity contribution in [1.82, 2.24) is 14.8 Å². The Morgan fingerprint density at radius 3 is 2.57 bits per heavy atom. The Balaban J connectivity index is 1.34. The zero-order valence-electron chi connectivity index (χ0n) is 13.5. The van der Waals surface area contributed by atoms with Crippen LogP contribution in [0.4, 0.5) is 4.79 Å². The van der Waals surface area contributed by atoms with Gasteiger partial charge in [0, 0.05) is 38.4 Å². The summed E-state index contributed by atoms with van der Waals surface area (Å²) in [6.07, 6.45) is 10.3. The molecule has 2 atom stereocenters. The molecule has 2 aliphatic rings. The van der Waals surface area contributed by atoms with E-state index in [1.807, 2.05) is 11.0 Å². The van der Waals surface area contributed by atoms with Gasteiger partial charge < -0.3 is 14.8 Å². The highest BCUT2D eigenvalue weighted by Gasteiger charge is 2.34. The second-order valence-electron chi connectivity index (χ2n) is 6.54. The molecule has 1 aromatic heterocycles. The van der Waals surface area contributed by atoms with Gasteiger partial charge >= 0.3 is 6.03 Å². The molecule has 1 fully saturated rings. The quantitative estimate of drug-likeness (QED) is 0.669. The van der Waals surface area contributed by atoms with Gasteiger partial charge in [-0.3, -0.25) is 4.79 Å². The third-order valence-electron chi connectivity index (χ3n) is 4.91. The molecule has 3 rings (SSSR count). The average molecular weight is 315 g/mol. The van der Waals surface area contributed by atoms with Gasteiger partial charge in [0.2, 0.25) is 5.56 Å². The van der Waals surface area contributed by atoms with Crippen molar-refractivity contribution in [2.75, 3.05) is 19.6 Å². The van der Waals surface area contributed by atoms with Crippen molar-refractivity contribution in [3.8, 4) is 0 Å². The fourth-order valence-corrected chi connectivity index (χ4v) is 3.54. The number of aromatic nitrogens is 1. The first-order valence-corrected chi connectivity index (χ1v) is 8.57. The molecule has 0 aromatic carbocycles. The molecule has 1 aromatic rings. The van der Waals surface area contributed by atoms with Crippen molar-refractivity contribution in [2.45, 2.75) is 32.2 Å². The molecule has 5 heteroatoms. The fourth-order valence-electron chi connectivity index (χ4n) is 3.54. The number of carbonyl (C=O) groups is 1. The van der Waals surface area contributed by atoms with Gasteiger partial charge in [-0.25, -0.2) is 4.79 Å². The molecule has 0 radical (unpaired) electrons. The molecule has 5 nitrogen and oxygen atoms in total. The minimum absolute atomic E-state index is 0.0322. The maximum atomic E-state index is 12.2. The van der Waals surface area contributed by atoms with Gasteiger partial charge in [0.25, 0.3) is 0 Å². The van der Waals surface area contributed by atoms with Crippen LogP contribution >= 0.6 is 0 Å². The van der Waals surface area contributed by atoms with E-state index in [0.717, 1.165) is 38.8 Å². The predicted molar refractivity (Wildman–Crippen MR) is 90.3 cm³/mol. The number of nitrogens with zero attached hydrogens (tertiary/aromatic N) is 2. The second-order valence-corrected chi connectivity index (χ2v) is 6.54. The van der Waals surface area contributed by atoms with E-state index in [9.17, 15) is 9.59 Å². The molecular formula is C18H25N3O2. The van der Waals surface area contributed by atoms with Crippen LogP contribution in [0.5, 0.6) is 0 Å². The monoisotopic (exact) mass is 315 g/mol. The standard InChI is InChI=1S/C18H25N3O2/c22-17-9-3-5-11-20(17)12-6-4-10-19-18(23)21-13-15-7-1-2-8-16(15)14-21/h1-3,5,9,11,15-16H,4,6-8,10,12-14H2,(H,19,23)/t15-,16+. The first kappa shape index (κ1) is 15.8. The van der Waals surface area contributed by atoms with Crippen LogP contribution in [0.2, 0.25) is 0 Å². The lowest BCUT2D eigenvalue weighted by atomic mass is 9.86. The van der Waals surface area contributed by atoms with Crippen molar-refractivity contribution < 1.29 is 4.79 Å². The van der Waals surface area contributed by atoms with Crippen molar-refractivity contribution in [2.24, 2.45) is 11.8 Å². The molecule has 124 valence electrons. The van der Waals surface area contributed by atoms with E-state index in [1.165, 1.54) is 0 Å². The van der Waals surface area contributed by atoms with Crippen LogP contribution in [0.25, 0.3) is 0 Å². The van der Waals surface area contributed by atoms with Gasteiger partial charge in [-0.15, -0.1) is 0 Å². The first-order valence-electron chi connectivity index (χ1n) is 8.57. The molecule has 23 heavy (non-hydrogen) atoms. The number of rotatable bonds is 5. The summed E-state index contributed by atoms with van der Waals surface area (Å²) in [6, 6.07) is 5.26. The lowest BCUT2D eigenvalue weighted by Crippen LogP contribution is -2.39. The van der Waals surface area contributed by atoms with Crippen molar-refractivity contribution in [3.05, 3.63) is 46.9 Å². The smallest absolute Gasteiger partial charge is 0.317 e. The number of unbranched alkanes of at least 4 members (excludes halogenated alkanes) is 1. The highest BCUT2D eigenvalue weighted by molar-refractivity contribution is 5.74. The second kappa shape index (κ2) is 7.49. The summed E-state index contributed by atoms with van der Waals surface area (Å²) in [6.45, 7) is 3.15. The summed E-state index contributed by atoms with van der Waals surface area (Å²) in [5, 5.41) is 3.01. The summed E-state index contributed by atoms with van der Waals surface area (Å²) < 4.78 is 1.71. The number of hydrogen-bond acceptors (Lipinski definition) is 2. The summed E-state index contributed by atoms with van der Waals surface area (Å²) in [7, 11) is 0. The van der Waals surface area contributed by atoms with E-state index in [0.29, 0.717) is 24.9 Å². The van der Waals surface area contributed by atoms with Crippen LogP contribution in [0.1, 0.15) is 25.7 Å². The van der Waals surface area contributed by atoms with Crippen LogP contribution in [-0.4, -0.2) is 35.1 Å². The number of likely N-dealkylation sites (tertiary alicyclic amines) is 1. The molecular weight excluding hydrogens is 290 g/mol. The molecule has 1 saturated heterocycles. The zero-order chi connectivity index (χ0) is 16.1. The molecule has 2 amide bonds. The maximum absolute atomic E-state index is 12.2. The van der Waals surface area contributed by atoms with Crippen molar-refractivity contribution in [1.29, 1.82) is 0 Å². The van der Waals surface area contributed by atoms with Gasteiger partial charge in [0.05, 0.1) is 0 Å². The van der Waals surface area contributed by atoms with Gasteiger partial charge in [0.15, 0.2) is 0 Å². The SMILES string of the molecule is O=C(NCCCCn1ccccc1=O)N1C[C@H]2CC=CC[C@H]2C1. The van der Waals surface area contributed by atoms with Crippen LogP contribution in [0.3, 0.4) is 0 Å². The van der Waals surface area contributed by atoms with Crippen LogP contribution in [0.15, 0.2) is 41.3 Å². The normalized spacial score (nSPS) is 22.9. The molecule has 0 spiro atoms. The Hall–Kier alpha value is -2.04. The minimum atomic E-state index is 0.0322. The number of amides is 2. The van der Waals surface area contributed by atoms with E-state index in [1.54, 1.807) is 22.9 Å². The van der Waals surface area contributed by atoms with Gasteiger partial charge in [-0.2, -0.15) is 0 Å². The summed E-state index contributed by atoms with van der Waals surface area (Å²) in [4.78, 5) is 25.7. The van der Waals surface area contributed by atoms with Crippen molar-refractivity contribution >= 4 is 6.03 Å². The Morgan fingerprint density at radius 1 is 1.13 bits per heavy atom. The largest absolute Gasteiger partial charge is 0.338 e. The Bertz CT molecular complexity index is 607. The number of nitrogens with one attached hydrogen (secondary N) is 1. The Labute approximate surface area is 137 Å². The zero-order valence-corrected chi connectivity index (χ0v) is 13.5. The van der Waals surface area contributed by atoms with E-state index in [-0.39, 0.29) is 11.6 Å². The highest BCUT2D eigenvalue weighted by atomic mass is 16.2. The first-order chi connectivity index (χ1) is 11.2. The topological polar surface area (TPSA) is 54.3 Å². The number of hydrogen-bond donors (Lipinski definition) is 1. The summed E-state index contributed by atoms with van der Waals surface area (Å²) >= 11 is 0. The van der Waals surface area contributed by atoms with Gasteiger partial charge in [-0.05, 0) is 43.6 Å². The van der Waals surface area contributed by atoms with Crippen LogP contribution < -0.4 is 10.9 Å². The van der Waals surface area contributed by atoms with E-state index < -0.39 is 0 Å². The predicted octanol–water partition coefficient (Wildman–Crippen LogP) is 2.24. The Morgan fingerprint density at radius 2 is 1.87 bits per heavy atom. The molecule has 1 aliphatic heterocycles. The molecule has 0 saturated carbocycles.